The van der Waals surface area contributed by atoms with E-state index < -0.39 is 23.2 Å². The van der Waals surface area contributed by atoms with Crippen molar-refractivity contribution in [3.05, 3.63) is 74.9 Å². The SMILES string of the molecule is COc1ccc(C(F)(F)F)cc1-c1cn(Cc2cnn(C)c2)c(=O)cc1C(=O)Nc1nnc(C#CC2CC2)s1. The van der Waals surface area contributed by atoms with Crippen molar-refractivity contribution in [2.45, 2.75) is 25.6 Å². The number of nitrogens with zero attached hydrogens (tertiary/aromatic N) is 5. The second-order valence-corrected chi connectivity index (χ2v) is 9.89. The van der Waals surface area contributed by atoms with E-state index in [9.17, 15) is 22.8 Å². The van der Waals surface area contributed by atoms with Crippen LogP contribution in [0, 0.1) is 17.8 Å². The van der Waals surface area contributed by atoms with E-state index in [4.69, 9.17) is 4.74 Å². The van der Waals surface area contributed by atoms with E-state index in [0.29, 0.717) is 16.5 Å². The average molecular weight is 555 g/mol. The summed E-state index contributed by atoms with van der Waals surface area (Å²) in [5.74, 6) is 5.68. The van der Waals surface area contributed by atoms with Crippen LogP contribution in [0.1, 0.15) is 39.3 Å². The third kappa shape index (κ3) is 6.01. The molecule has 1 fully saturated rings. The standard InChI is InChI=1S/C26H21F3N6O3S/c1-34-12-16(11-30-34)13-35-14-20(18-9-17(26(27,28)29)6-7-21(18)38-2)19(10-23(35)36)24(37)31-25-33-32-22(39-25)8-5-15-3-4-15/h6-7,9-12,14-15H,3-4,13H2,1-2H3,(H,31,33,37). The Hall–Kier alpha value is -4.44. The number of aromatic nitrogens is 5. The smallest absolute Gasteiger partial charge is 0.416 e. The van der Waals surface area contributed by atoms with Gasteiger partial charge in [0.05, 0.1) is 31.0 Å². The van der Waals surface area contributed by atoms with Crippen molar-refractivity contribution >= 4 is 22.4 Å². The zero-order valence-corrected chi connectivity index (χ0v) is 21.6. The van der Waals surface area contributed by atoms with Crippen molar-refractivity contribution in [2.24, 2.45) is 13.0 Å². The number of hydrogen-bond donors (Lipinski definition) is 1. The van der Waals surface area contributed by atoms with Crippen molar-refractivity contribution in [3.63, 3.8) is 0 Å². The average Bonchev–Trinajstić information content (AvgIpc) is 3.48. The molecule has 0 radical (unpaired) electrons. The normalized spacial score (nSPS) is 13.1. The Labute approximate surface area is 224 Å². The van der Waals surface area contributed by atoms with Gasteiger partial charge in [0.25, 0.3) is 11.5 Å². The van der Waals surface area contributed by atoms with Crippen LogP contribution in [0.15, 0.2) is 47.7 Å². The highest BCUT2D eigenvalue weighted by atomic mass is 32.1. The van der Waals surface area contributed by atoms with Crippen LogP contribution in [0.5, 0.6) is 5.75 Å². The van der Waals surface area contributed by atoms with Crippen molar-refractivity contribution in [3.8, 4) is 28.7 Å². The number of pyridine rings is 1. The zero-order chi connectivity index (χ0) is 27.7. The van der Waals surface area contributed by atoms with Crippen LogP contribution in [-0.4, -0.2) is 37.6 Å². The Kier molecular flexibility index (Phi) is 6.96. The quantitative estimate of drug-likeness (QED) is 0.359. The molecule has 13 heteroatoms. The van der Waals surface area contributed by atoms with Gasteiger partial charge in [-0.1, -0.05) is 17.3 Å². The third-order valence-corrected chi connectivity index (χ3v) is 6.66. The van der Waals surface area contributed by atoms with Crippen LogP contribution in [-0.2, 0) is 19.8 Å². The molecule has 5 rings (SSSR count). The molecular weight excluding hydrogens is 533 g/mol. The molecule has 1 N–H and O–H groups in total. The lowest BCUT2D eigenvalue weighted by molar-refractivity contribution is -0.137. The number of rotatable bonds is 6. The number of carbonyl (C=O) groups is 1. The van der Waals surface area contributed by atoms with Gasteiger partial charge in [-0.05, 0) is 37.0 Å². The highest BCUT2D eigenvalue weighted by Gasteiger charge is 2.32. The van der Waals surface area contributed by atoms with Crippen LogP contribution >= 0.6 is 11.3 Å². The number of benzene rings is 1. The molecule has 3 aromatic heterocycles. The van der Waals surface area contributed by atoms with Crippen LogP contribution in [0.25, 0.3) is 11.1 Å². The molecule has 39 heavy (non-hydrogen) atoms. The first-order chi connectivity index (χ1) is 18.6. The molecular formula is C26H21F3N6O3S. The third-order valence-electron chi connectivity index (χ3n) is 5.90. The summed E-state index contributed by atoms with van der Waals surface area (Å²) in [5, 5.41) is 15.1. The van der Waals surface area contributed by atoms with E-state index in [0.717, 1.165) is 42.4 Å². The number of ether oxygens (including phenoxy) is 1. The summed E-state index contributed by atoms with van der Waals surface area (Å²) in [5.41, 5.74) is -0.874. The summed E-state index contributed by atoms with van der Waals surface area (Å²) in [6.07, 6.45) is 2.06. The number of nitrogens with one attached hydrogen (secondary N) is 1. The molecule has 1 aliphatic carbocycles. The first-order valence-electron chi connectivity index (χ1n) is 11.7. The fourth-order valence-corrected chi connectivity index (χ4v) is 4.42. The molecule has 1 saturated carbocycles. The predicted octanol–water partition coefficient (Wildman–Crippen LogP) is 4.19. The van der Waals surface area contributed by atoms with E-state index in [2.05, 4.69) is 32.5 Å². The molecule has 0 aliphatic heterocycles. The van der Waals surface area contributed by atoms with Crippen LogP contribution in [0.4, 0.5) is 18.3 Å². The Morgan fingerprint density at radius 3 is 2.67 bits per heavy atom. The van der Waals surface area contributed by atoms with Gasteiger partial charge in [0.2, 0.25) is 5.13 Å². The molecule has 0 saturated heterocycles. The lowest BCUT2D eigenvalue weighted by Crippen LogP contribution is -2.24. The lowest BCUT2D eigenvalue weighted by atomic mass is 9.98. The van der Waals surface area contributed by atoms with Gasteiger partial charge in [-0.2, -0.15) is 18.3 Å². The van der Waals surface area contributed by atoms with E-state index in [-0.39, 0.29) is 34.1 Å². The number of amides is 1. The maximum absolute atomic E-state index is 13.6. The fraction of sp³-hybridized carbons (Fsp3) is 0.269. The lowest BCUT2D eigenvalue weighted by Gasteiger charge is -2.17. The topological polar surface area (TPSA) is 104 Å². The first kappa shape index (κ1) is 26.2. The maximum Gasteiger partial charge on any atom is 0.416 e. The second kappa shape index (κ2) is 10.4. The number of hydrogen-bond acceptors (Lipinski definition) is 7. The summed E-state index contributed by atoms with van der Waals surface area (Å²) < 4.78 is 49.0. The number of halogens is 3. The van der Waals surface area contributed by atoms with Gasteiger partial charge in [-0.3, -0.25) is 19.6 Å². The van der Waals surface area contributed by atoms with Crippen LogP contribution in [0.3, 0.4) is 0 Å². The van der Waals surface area contributed by atoms with Gasteiger partial charge < -0.3 is 9.30 Å². The van der Waals surface area contributed by atoms with Gasteiger partial charge in [-0.15, -0.1) is 10.2 Å². The predicted molar refractivity (Wildman–Crippen MR) is 137 cm³/mol. The Bertz CT molecular complexity index is 1670. The summed E-state index contributed by atoms with van der Waals surface area (Å²) in [6, 6.07) is 4.03. The molecule has 0 bridgehead atoms. The Morgan fingerprint density at radius 2 is 2.00 bits per heavy atom. The zero-order valence-electron chi connectivity index (χ0n) is 20.7. The van der Waals surface area contributed by atoms with Crippen LogP contribution < -0.4 is 15.6 Å². The number of carbonyl (C=O) groups excluding carboxylic acids is 1. The number of methoxy groups -OCH3 is 1. The number of aryl methyl sites for hydroxylation is 1. The van der Waals surface area contributed by atoms with E-state index >= 15 is 0 Å². The number of alkyl halides is 3. The van der Waals surface area contributed by atoms with E-state index in [1.54, 1.807) is 24.1 Å². The molecule has 0 atom stereocenters. The van der Waals surface area contributed by atoms with Crippen molar-refractivity contribution < 1.29 is 22.7 Å². The molecule has 3 heterocycles. The van der Waals surface area contributed by atoms with Crippen molar-refractivity contribution in [1.82, 2.24) is 24.5 Å². The minimum atomic E-state index is -4.64. The summed E-state index contributed by atoms with van der Waals surface area (Å²) >= 11 is 1.06. The molecule has 1 aromatic carbocycles. The van der Waals surface area contributed by atoms with Gasteiger partial charge >= 0.3 is 6.18 Å². The summed E-state index contributed by atoms with van der Waals surface area (Å²) in [4.78, 5) is 26.4. The second-order valence-electron chi connectivity index (χ2n) is 8.91. The minimum absolute atomic E-state index is 0.00864. The van der Waals surface area contributed by atoms with Gasteiger partial charge in [0.1, 0.15) is 5.75 Å². The largest absolute Gasteiger partial charge is 0.496 e. The van der Waals surface area contributed by atoms with Gasteiger partial charge in [-0.25, -0.2) is 0 Å². The van der Waals surface area contributed by atoms with Crippen molar-refractivity contribution in [2.75, 3.05) is 12.4 Å². The maximum atomic E-state index is 13.6. The number of anilines is 1. The van der Waals surface area contributed by atoms with Crippen LogP contribution in [0.2, 0.25) is 0 Å². The monoisotopic (exact) mass is 554 g/mol. The molecule has 4 aromatic rings. The molecule has 1 aliphatic rings. The fourth-order valence-electron chi connectivity index (χ4n) is 3.82. The highest BCUT2D eigenvalue weighted by molar-refractivity contribution is 7.15. The summed E-state index contributed by atoms with van der Waals surface area (Å²) in [7, 11) is 3.03. The first-order valence-corrected chi connectivity index (χ1v) is 12.6. The van der Waals surface area contributed by atoms with E-state index in [1.807, 2.05) is 0 Å². The highest BCUT2D eigenvalue weighted by Crippen LogP contribution is 2.38. The molecule has 0 unspecified atom stereocenters. The Morgan fingerprint density at radius 1 is 1.21 bits per heavy atom. The van der Waals surface area contributed by atoms with Gasteiger partial charge in [0, 0.05) is 48.1 Å². The minimum Gasteiger partial charge on any atom is -0.496 e. The Balaban J connectivity index is 1.58. The van der Waals surface area contributed by atoms with E-state index in [1.165, 1.54) is 23.9 Å². The van der Waals surface area contributed by atoms with Gasteiger partial charge in [0.15, 0.2) is 5.01 Å². The molecule has 200 valence electrons. The van der Waals surface area contributed by atoms with Crippen molar-refractivity contribution in [1.29, 1.82) is 0 Å². The molecule has 9 nitrogen and oxygen atoms in total. The molecule has 1 amide bonds. The summed E-state index contributed by atoms with van der Waals surface area (Å²) in [6.45, 7) is 0.0856. The molecule has 0 spiro atoms.